The number of hydrogen-bond donors (Lipinski definition) is 1. The maximum atomic E-state index is 13.3. The monoisotopic (exact) mass is 413 g/mol. The normalized spacial score (nSPS) is 14.3. The molecular formula is C26H27N3O2. The molecule has 0 radical (unpaired) electrons. The zero-order valence-electron chi connectivity index (χ0n) is 17.5. The van der Waals surface area contributed by atoms with Gasteiger partial charge in [-0.1, -0.05) is 48.5 Å². The number of benzene rings is 3. The fourth-order valence-electron chi connectivity index (χ4n) is 4.10. The zero-order chi connectivity index (χ0) is 21.6. The van der Waals surface area contributed by atoms with Crippen LogP contribution in [0, 0.1) is 5.92 Å². The average molecular weight is 414 g/mol. The number of anilines is 3. The summed E-state index contributed by atoms with van der Waals surface area (Å²) in [6, 6.07) is 26.7. The molecule has 2 N–H and O–H groups in total. The Bertz CT molecular complexity index is 1010. The van der Waals surface area contributed by atoms with Crippen LogP contribution >= 0.6 is 0 Å². The average Bonchev–Trinajstić information content (AvgIpc) is 2.82. The quantitative estimate of drug-likeness (QED) is 0.509. The topological polar surface area (TPSA) is 66.6 Å². The van der Waals surface area contributed by atoms with Gasteiger partial charge >= 0.3 is 11.8 Å². The second-order valence-electron chi connectivity index (χ2n) is 7.99. The van der Waals surface area contributed by atoms with Gasteiger partial charge in [-0.05, 0) is 67.1 Å². The summed E-state index contributed by atoms with van der Waals surface area (Å²) in [7, 11) is 0. The Morgan fingerprint density at radius 1 is 0.806 bits per heavy atom. The summed E-state index contributed by atoms with van der Waals surface area (Å²) in [5.74, 6) is -0.472. The van der Waals surface area contributed by atoms with E-state index in [1.165, 1.54) is 10.5 Å². The van der Waals surface area contributed by atoms with E-state index in [0.29, 0.717) is 36.1 Å². The summed E-state index contributed by atoms with van der Waals surface area (Å²) >= 11 is 0. The van der Waals surface area contributed by atoms with E-state index in [1.54, 1.807) is 29.2 Å². The number of para-hydroxylation sites is 1. The van der Waals surface area contributed by atoms with Crippen molar-refractivity contribution >= 4 is 28.9 Å². The minimum atomic E-state index is -0.544. The predicted molar refractivity (Wildman–Crippen MR) is 124 cm³/mol. The van der Waals surface area contributed by atoms with Crippen LogP contribution in [-0.4, -0.2) is 29.8 Å². The number of nitrogens with zero attached hydrogens (tertiary/aromatic N) is 2. The van der Waals surface area contributed by atoms with Crippen LogP contribution in [0.3, 0.4) is 0 Å². The molecule has 0 unspecified atom stereocenters. The van der Waals surface area contributed by atoms with Gasteiger partial charge in [-0.15, -0.1) is 0 Å². The van der Waals surface area contributed by atoms with E-state index in [2.05, 4.69) is 24.3 Å². The van der Waals surface area contributed by atoms with Gasteiger partial charge in [-0.25, -0.2) is 0 Å². The fraction of sp³-hybridized carbons (Fsp3) is 0.231. The number of rotatable bonds is 4. The summed E-state index contributed by atoms with van der Waals surface area (Å²) in [5, 5.41) is 0. The number of nitrogen functional groups attached to an aromatic ring is 1. The molecule has 31 heavy (non-hydrogen) atoms. The molecule has 5 nitrogen and oxygen atoms in total. The Labute approximate surface area is 183 Å². The lowest BCUT2D eigenvalue weighted by Crippen LogP contribution is -2.47. The number of piperidine rings is 1. The molecule has 2 amide bonds. The predicted octanol–water partition coefficient (Wildman–Crippen LogP) is 4.41. The number of nitrogens with two attached hydrogens (primary N) is 1. The number of likely N-dealkylation sites (tertiary alicyclic amines) is 1. The molecule has 4 rings (SSSR count). The highest BCUT2D eigenvalue weighted by atomic mass is 16.2. The molecule has 3 aromatic carbocycles. The molecule has 0 aliphatic carbocycles. The van der Waals surface area contributed by atoms with Crippen molar-refractivity contribution in [1.82, 2.24) is 4.90 Å². The zero-order valence-corrected chi connectivity index (χ0v) is 17.5. The first kappa shape index (κ1) is 20.7. The molecular weight excluding hydrogens is 386 g/mol. The Balaban J connectivity index is 1.46. The van der Waals surface area contributed by atoms with E-state index < -0.39 is 11.8 Å². The van der Waals surface area contributed by atoms with Crippen molar-refractivity contribution in [2.75, 3.05) is 23.7 Å². The van der Waals surface area contributed by atoms with Gasteiger partial charge in [-0.2, -0.15) is 0 Å². The molecule has 0 bridgehead atoms. The van der Waals surface area contributed by atoms with Crippen LogP contribution in [0.4, 0.5) is 17.1 Å². The smallest absolute Gasteiger partial charge is 0.321 e. The second kappa shape index (κ2) is 9.47. The lowest BCUT2D eigenvalue weighted by Gasteiger charge is -2.33. The van der Waals surface area contributed by atoms with E-state index >= 15 is 0 Å². The molecule has 3 aromatic rings. The first-order chi connectivity index (χ1) is 15.1. The molecule has 1 fully saturated rings. The van der Waals surface area contributed by atoms with Crippen molar-refractivity contribution in [3.63, 3.8) is 0 Å². The number of carbonyl (C=O) groups excluding carboxylic acids is 2. The summed E-state index contributed by atoms with van der Waals surface area (Å²) in [4.78, 5) is 29.6. The van der Waals surface area contributed by atoms with Crippen LogP contribution in [0.2, 0.25) is 0 Å². The van der Waals surface area contributed by atoms with Gasteiger partial charge in [0.2, 0.25) is 0 Å². The highest BCUT2D eigenvalue weighted by Crippen LogP contribution is 2.28. The Morgan fingerprint density at radius 2 is 1.35 bits per heavy atom. The molecule has 0 saturated carbocycles. The third-order valence-corrected chi connectivity index (χ3v) is 5.82. The minimum absolute atomic E-state index is 0.459. The van der Waals surface area contributed by atoms with Crippen molar-refractivity contribution in [3.8, 4) is 0 Å². The lowest BCUT2D eigenvalue weighted by molar-refractivity contribution is -0.145. The molecule has 0 aromatic heterocycles. The summed E-state index contributed by atoms with van der Waals surface area (Å²) in [6.45, 7) is 1.21. The van der Waals surface area contributed by atoms with E-state index in [-0.39, 0.29) is 0 Å². The van der Waals surface area contributed by atoms with E-state index in [9.17, 15) is 9.59 Å². The van der Waals surface area contributed by atoms with Gasteiger partial charge in [0, 0.05) is 30.2 Å². The van der Waals surface area contributed by atoms with Gasteiger partial charge in [-0.3, -0.25) is 14.5 Å². The van der Waals surface area contributed by atoms with Crippen LogP contribution in [0.5, 0.6) is 0 Å². The Kier molecular flexibility index (Phi) is 6.32. The molecule has 1 aliphatic heterocycles. The van der Waals surface area contributed by atoms with Crippen LogP contribution in [-0.2, 0) is 16.0 Å². The third kappa shape index (κ3) is 4.94. The number of hydrogen-bond acceptors (Lipinski definition) is 3. The summed E-state index contributed by atoms with van der Waals surface area (Å²) in [5.41, 5.74) is 9.02. The summed E-state index contributed by atoms with van der Waals surface area (Å²) < 4.78 is 0. The number of carbonyl (C=O) groups is 2. The molecule has 1 saturated heterocycles. The van der Waals surface area contributed by atoms with Crippen molar-refractivity contribution in [2.24, 2.45) is 5.92 Å². The van der Waals surface area contributed by atoms with Gasteiger partial charge in [0.05, 0.1) is 0 Å². The second-order valence-corrected chi connectivity index (χ2v) is 7.99. The largest absolute Gasteiger partial charge is 0.399 e. The molecule has 1 aliphatic rings. The standard InChI is InChI=1S/C26H27N3O2/c27-22-11-13-24(14-12-22)29(23-9-5-2-6-10-23)26(31)25(30)28-17-15-21(16-18-28)19-20-7-3-1-4-8-20/h1-14,21H,15-19,27H2. The van der Waals surface area contributed by atoms with Gasteiger partial charge in [0.15, 0.2) is 0 Å². The Morgan fingerprint density at radius 3 is 1.97 bits per heavy atom. The minimum Gasteiger partial charge on any atom is -0.399 e. The molecule has 158 valence electrons. The molecule has 1 heterocycles. The lowest BCUT2D eigenvalue weighted by atomic mass is 9.90. The summed E-state index contributed by atoms with van der Waals surface area (Å²) in [6.07, 6.45) is 2.82. The maximum absolute atomic E-state index is 13.3. The van der Waals surface area contributed by atoms with Gasteiger partial charge in [0.1, 0.15) is 0 Å². The number of amides is 2. The van der Waals surface area contributed by atoms with Crippen LogP contribution in [0.1, 0.15) is 18.4 Å². The van der Waals surface area contributed by atoms with Crippen molar-refractivity contribution in [1.29, 1.82) is 0 Å². The molecule has 5 heteroatoms. The Hall–Kier alpha value is -3.60. The first-order valence-corrected chi connectivity index (χ1v) is 10.7. The SMILES string of the molecule is Nc1ccc(N(C(=O)C(=O)N2CCC(Cc3ccccc3)CC2)c2ccccc2)cc1. The van der Waals surface area contributed by atoms with Crippen LogP contribution in [0.15, 0.2) is 84.9 Å². The van der Waals surface area contributed by atoms with E-state index in [1.807, 2.05) is 36.4 Å². The third-order valence-electron chi connectivity index (χ3n) is 5.82. The van der Waals surface area contributed by atoms with Crippen LogP contribution in [0.25, 0.3) is 0 Å². The van der Waals surface area contributed by atoms with Gasteiger partial charge < -0.3 is 10.6 Å². The maximum Gasteiger partial charge on any atom is 0.321 e. The van der Waals surface area contributed by atoms with Crippen molar-refractivity contribution in [2.45, 2.75) is 19.3 Å². The fourth-order valence-corrected chi connectivity index (χ4v) is 4.10. The first-order valence-electron chi connectivity index (χ1n) is 10.7. The van der Waals surface area contributed by atoms with Crippen LogP contribution < -0.4 is 10.6 Å². The highest BCUT2D eigenvalue weighted by Gasteiger charge is 2.31. The molecule has 0 atom stereocenters. The highest BCUT2D eigenvalue weighted by molar-refractivity contribution is 6.42. The van der Waals surface area contributed by atoms with Crippen molar-refractivity contribution in [3.05, 3.63) is 90.5 Å². The van der Waals surface area contributed by atoms with Crippen molar-refractivity contribution < 1.29 is 9.59 Å². The van der Waals surface area contributed by atoms with E-state index in [0.717, 1.165) is 19.3 Å². The molecule has 0 spiro atoms. The van der Waals surface area contributed by atoms with Gasteiger partial charge in [0.25, 0.3) is 0 Å². The van der Waals surface area contributed by atoms with E-state index in [4.69, 9.17) is 5.73 Å².